The molecule has 0 aliphatic carbocycles. The van der Waals surface area contributed by atoms with Crippen LogP contribution in [0, 0.1) is 5.92 Å². The quantitative estimate of drug-likeness (QED) is 0.425. The molecule has 0 spiro atoms. The van der Waals surface area contributed by atoms with E-state index in [1.807, 2.05) is 0 Å². The van der Waals surface area contributed by atoms with Gasteiger partial charge in [-0.3, -0.25) is 0 Å². The lowest BCUT2D eigenvalue weighted by atomic mass is 10.1. The van der Waals surface area contributed by atoms with Crippen LogP contribution in [0.5, 0.6) is 0 Å². The number of rotatable bonds is 7. The molecule has 0 aromatic rings. The van der Waals surface area contributed by atoms with Gasteiger partial charge >= 0.3 is 11.9 Å². The molecular weight excluding hydrogens is 236 g/mol. The molecule has 0 saturated carbocycles. The van der Waals surface area contributed by atoms with E-state index in [9.17, 15) is 14.7 Å². The molecule has 0 saturated heterocycles. The number of carbonyl (C=O) groups is 2. The van der Waals surface area contributed by atoms with Crippen LogP contribution in [-0.2, 0) is 19.1 Å². The fourth-order valence-electron chi connectivity index (χ4n) is 0.930. The Hall–Kier alpha value is -1.62. The molecule has 0 radical (unpaired) electrons. The first kappa shape index (κ1) is 16.4. The van der Waals surface area contributed by atoms with Gasteiger partial charge in [-0.2, -0.15) is 0 Å². The second-order valence-corrected chi connectivity index (χ2v) is 4.26. The monoisotopic (exact) mass is 256 g/mol. The van der Waals surface area contributed by atoms with Crippen molar-refractivity contribution in [2.45, 2.75) is 33.5 Å². The van der Waals surface area contributed by atoms with E-state index in [4.69, 9.17) is 9.47 Å². The summed E-state index contributed by atoms with van der Waals surface area (Å²) in [5.74, 6) is -1.46. The van der Waals surface area contributed by atoms with Crippen molar-refractivity contribution in [3.05, 3.63) is 24.3 Å². The van der Waals surface area contributed by atoms with Gasteiger partial charge in [0.1, 0.15) is 0 Å². The summed E-state index contributed by atoms with van der Waals surface area (Å²) in [6.07, 6.45) is -0.860. The summed E-state index contributed by atoms with van der Waals surface area (Å²) >= 11 is 0. The van der Waals surface area contributed by atoms with Crippen molar-refractivity contribution < 1.29 is 24.2 Å². The van der Waals surface area contributed by atoms with E-state index in [0.717, 1.165) is 0 Å². The number of ether oxygens (including phenoxy) is 2. The Kier molecular flexibility index (Phi) is 6.97. The van der Waals surface area contributed by atoms with Gasteiger partial charge in [0.15, 0.2) is 0 Å². The Morgan fingerprint density at radius 1 is 1.17 bits per heavy atom. The molecule has 1 N–H and O–H groups in total. The fraction of sp³-hybridized carbons (Fsp3) is 0.538. The number of esters is 2. The van der Waals surface area contributed by atoms with Crippen molar-refractivity contribution >= 4 is 11.9 Å². The molecule has 0 aromatic heterocycles. The number of hydrogen-bond donors (Lipinski definition) is 1. The Morgan fingerprint density at radius 3 is 2.11 bits per heavy atom. The molecule has 5 heteroatoms. The minimum Gasteiger partial charge on any atom is -0.462 e. The first-order valence-corrected chi connectivity index (χ1v) is 5.63. The highest BCUT2D eigenvalue weighted by Crippen LogP contribution is 2.11. The molecule has 0 rings (SSSR count). The SMILES string of the molecule is C=C(C)C(=O)OCCC(C)C(O)OC(=O)C(=C)C. The average molecular weight is 256 g/mol. The average Bonchev–Trinajstić information content (AvgIpc) is 2.27. The van der Waals surface area contributed by atoms with Crippen molar-refractivity contribution in [2.24, 2.45) is 5.92 Å². The van der Waals surface area contributed by atoms with Gasteiger partial charge in [0.2, 0.25) is 6.29 Å². The van der Waals surface area contributed by atoms with Gasteiger partial charge in [-0.05, 0) is 20.3 Å². The molecule has 0 aliphatic rings. The number of carbonyl (C=O) groups excluding carboxylic acids is 2. The minimum atomic E-state index is -1.24. The highest BCUT2D eigenvalue weighted by molar-refractivity contribution is 5.87. The van der Waals surface area contributed by atoms with Crippen LogP contribution in [0.25, 0.3) is 0 Å². The highest BCUT2D eigenvalue weighted by atomic mass is 16.6. The summed E-state index contributed by atoms with van der Waals surface area (Å²) in [6, 6.07) is 0. The fourth-order valence-corrected chi connectivity index (χ4v) is 0.930. The van der Waals surface area contributed by atoms with Crippen LogP contribution < -0.4 is 0 Å². The molecule has 18 heavy (non-hydrogen) atoms. The van der Waals surface area contributed by atoms with Gasteiger partial charge in [-0.1, -0.05) is 20.1 Å². The maximum atomic E-state index is 11.2. The molecule has 0 aromatic carbocycles. The number of aliphatic hydroxyl groups excluding tert-OH is 1. The van der Waals surface area contributed by atoms with Crippen LogP contribution in [-0.4, -0.2) is 29.9 Å². The Bertz CT molecular complexity index is 345. The highest BCUT2D eigenvalue weighted by Gasteiger charge is 2.19. The Morgan fingerprint density at radius 2 is 1.67 bits per heavy atom. The smallest absolute Gasteiger partial charge is 0.335 e. The molecule has 0 fully saturated rings. The predicted molar refractivity (Wildman–Crippen MR) is 66.5 cm³/mol. The maximum Gasteiger partial charge on any atom is 0.335 e. The third-order valence-electron chi connectivity index (χ3n) is 2.22. The normalized spacial score (nSPS) is 13.3. The summed E-state index contributed by atoms with van der Waals surface area (Å²) in [5.41, 5.74) is 0.534. The van der Waals surface area contributed by atoms with Crippen molar-refractivity contribution in [3.8, 4) is 0 Å². The van der Waals surface area contributed by atoms with Gasteiger partial charge in [-0.25, -0.2) is 9.59 Å². The van der Waals surface area contributed by atoms with E-state index in [0.29, 0.717) is 12.0 Å². The largest absolute Gasteiger partial charge is 0.462 e. The van der Waals surface area contributed by atoms with Crippen molar-refractivity contribution in [3.63, 3.8) is 0 Å². The number of hydrogen-bond acceptors (Lipinski definition) is 5. The van der Waals surface area contributed by atoms with Crippen LogP contribution in [0.15, 0.2) is 24.3 Å². The predicted octanol–water partition coefficient (Wildman–Crippen LogP) is 1.57. The molecule has 5 nitrogen and oxygen atoms in total. The lowest BCUT2D eigenvalue weighted by molar-refractivity contribution is -0.172. The van der Waals surface area contributed by atoms with Crippen LogP contribution in [0.2, 0.25) is 0 Å². The van der Waals surface area contributed by atoms with Crippen LogP contribution in [0.3, 0.4) is 0 Å². The molecule has 2 unspecified atom stereocenters. The second-order valence-electron chi connectivity index (χ2n) is 4.26. The van der Waals surface area contributed by atoms with E-state index >= 15 is 0 Å². The van der Waals surface area contributed by atoms with E-state index in [1.54, 1.807) is 13.8 Å². The lowest BCUT2D eigenvalue weighted by Gasteiger charge is -2.18. The zero-order chi connectivity index (χ0) is 14.3. The zero-order valence-corrected chi connectivity index (χ0v) is 11.1. The second kappa shape index (κ2) is 7.66. The van der Waals surface area contributed by atoms with E-state index < -0.39 is 18.2 Å². The van der Waals surface area contributed by atoms with Crippen LogP contribution in [0.1, 0.15) is 27.2 Å². The van der Waals surface area contributed by atoms with Gasteiger partial charge in [0.25, 0.3) is 0 Å². The number of aliphatic hydroxyl groups is 1. The van der Waals surface area contributed by atoms with Gasteiger partial charge in [-0.15, -0.1) is 0 Å². The molecule has 0 amide bonds. The summed E-state index contributed by atoms with van der Waals surface area (Å²) in [4.78, 5) is 22.2. The minimum absolute atomic E-state index is 0.133. The summed E-state index contributed by atoms with van der Waals surface area (Å²) < 4.78 is 9.61. The van der Waals surface area contributed by atoms with Crippen molar-refractivity contribution in [1.82, 2.24) is 0 Å². The van der Waals surface area contributed by atoms with E-state index in [1.165, 1.54) is 6.92 Å². The summed E-state index contributed by atoms with van der Waals surface area (Å²) in [6.45, 7) is 11.7. The third-order valence-corrected chi connectivity index (χ3v) is 2.22. The molecule has 102 valence electrons. The van der Waals surface area contributed by atoms with Crippen LogP contribution in [0.4, 0.5) is 0 Å². The molecule has 0 bridgehead atoms. The van der Waals surface area contributed by atoms with E-state index in [-0.39, 0.29) is 18.1 Å². The summed E-state index contributed by atoms with van der Waals surface area (Å²) in [7, 11) is 0. The van der Waals surface area contributed by atoms with Crippen molar-refractivity contribution in [2.75, 3.05) is 6.61 Å². The zero-order valence-electron chi connectivity index (χ0n) is 11.1. The summed E-state index contributed by atoms with van der Waals surface area (Å²) in [5, 5.41) is 9.57. The van der Waals surface area contributed by atoms with Gasteiger partial charge in [0.05, 0.1) is 6.61 Å². The van der Waals surface area contributed by atoms with Gasteiger partial charge < -0.3 is 14.6 Å². The molecular formula is C13H20O5. The Balaban J connectivity index is 3.98. The van der Waals surface area contributed by atoms with Gasteiger partial charge in [0, 0.05) is 17.1 Å². The van der Waals surface area contributed by atoms with Crippen LogP contribution >= 0.6 is 0 Å². The molecule has 0 heterocycles. The first-order valence-electron chi connectivity index (χ1n) is 5.63. The standard InChI is InChI=1S/C13H20O5/c1-8(2)11(14)17-7-6-10(5)13(16)18-12(15)9(3)4/h10,13,16H,1,3,6-7H2,2,4-5H3. The van der Waals surface area contributed by atoms with E-state index in [2.05, 4.69) is 13.2 Å². The molecule has 0 aliphatic heterocycles. The lowest BCUT2D eigenvalue weighted by Crippen LogP contribution is -2.26. The Labute approximate surface area is 107 Å². The molecule has 2 atom stereocenters. The first-order chi connectivity index (χ1) is 8.25. The third kappa shape index (κ3) is 6.20. The topological polar surface area (TPSA) is 72.8 Å². The maximum absolute atomic E-state index is 11.2. The van der Waals surface area contributed by atoms with Crippen molar-refractivity contribution in [1.29, 1.82) is 0 Å².